The Kier molecular flexibility index (Phi) is 4.28. The zero-order valence-corrected chi connectivity index (χ0v) is 14.2. The van der Waals surface area contributed by atoms with Gasteiger partial charge in [-0.25, -0.2) is 0 Å². The highest BCUT2D eigenvalue weighted by atomic mass is 35.5. The molecule has 3 unspecified atom stereocenters. The minimum atomic E-state index is 0.418. The number of hydrogen-bond acceptors (Lipinski definition) is 0. The second-order valence-electron chi connectivity index (χ2n) is 8.33. The average molecular weight is 293 g/mol. The van der Waals surface area contributed by atoms with E-state index in [9.17, 15) is 0 Å². The predicted octanol–water partition coefficient (Wildman–Crippen LogP) is 6.04. The maximum Gasteiger partial charge on any atom is 0.254 e. The first-order valence-electron chi connectivity index (χ1n) is 8.81. The van der Waals surface area contributed by atoms with Gasteiger partial charge in [-0.05, 0) is 60.6 Å². The first kappa shape index (κ1) is 15.0. The molecule has 4 aliphatic carbocycles. The molecule has 5 atom stereocenters. The van der Waals surface area contributed by atoms with Crippen molar-refractivity contribution in [2.24, 2.45) is 29.1 Å². The zero-order chi connectivity index (χ0) is 14.3. The van der Waals surface area contributed by atoms with E-state index in [0.717, 1.165) is 29.5 Å². The van der Waals surface area contributed by atoms with Gasteiger partial charge in [0.2, 0.25) is 0 Å². The van der Waals surface area contributed by atoms with Crippen LogP contribution in [-0.4, -0.2) is 6.13 Å². The highest BCUT2D eigenvalue weighted by Gasteiger charge is 2.57. The lowest BCUT2D eigenvalue weighted by atomic mass is 9.36. The van der Waals surface area contributed by atoms with E-state index in [2.05, 4.69) is 32.9 Å². The van der Waals surface area contributed by atoms with Crippen molar-refractivity contribution in [2.75, 3.05) is 0 Å². The van der Waals surface area contributed by atoms with Crippen LogP contribution in [0.4, 0.5) is 0 Å². The zero-order valence-electron chi connectivity index (χ0n) is 13.4. The molecule has 0 spiro atoms. The van der Waals surface area contributed by atoms with Crippen LogP contribution < -0.4 is 0 Å². The van der Waals surface area contributed by atoms with Crippen LogP contribution in [-0.2, 0) is 0 Å². The molecule has 0 N–H and O–H groups in total. The van der Waals surface area contributed by atoms with Gasteiger partial charge in [0, 0.05) is 0 Å². The van der Waals surface area contributed by atoms with Crippen LogP contribution in [0.3, 0.4) is 0 Å². The third-order valence-corrected chi connectivity index (χ3v) is 7.59. The highest BCUT2D eigenvalue weighted by Crippen LogP contribution is 2.65. The predicted molar refractivity (Wildman–Crippen MR) is 90.4 cm³/mol. The molecule has 3 fully saturated rings. The fourth-order valence-corrected chi connectivity index (χ4v) is 5.84. The van der Waals surface area contributed by atoms with Gasteiger partial charge in [0.05, 0.1) is 0 Å². The number of allylic oxidation sites excluding steroid dienone is 2. The summed E-state index contributed by atoms with van der Waals surface area (Å²) in [7, 11) is 0. The van der Waals surface area contributed by atoms with Crippen molar-refractivity contribution in [3.63, 3.8) is 0 Å². The standard InChI is InChI=1S/C18H30BCl/c1-13-16-11-15(18(16,2)3)12-17(13)19(20)10-9-14-7-5-4-6-8-14/h5,7,13-17H,4,6,8-12H2,1-3H3/t13?,14?,15-,16+,17?/m0/s1. The van der Waals surface area contributed by atoms with E-state index in [1.807, 2.05) is 0 Å². The first-order chi connectivity index (χ1) is 9.50. The van der Waals surface area contributed by atoms with E-state index in [-0.39, 0.29) is 0 Å². The molecular weight excluding hydrogens is 262 g/mol. The quantitative estimate of drug-likeness (QED) is 0.438. The largest absolute Gasteiger partial charge is 0.254 e. The lowest BCUT2D eigenvalue weighted by molar-refractivity contribution is -0.0988. The second-order valence-corrected chi connectivity index (χ2v) is 8.89. The Bertz CT molecular complexity index is 376. The van der Waals surface area contributed by atoms with Crippen molar-refractivity contribution in [1.82, 2.24) is 0 Å². The molecule has 0 aromatic carbocycles. The molecule has 4 rings (SSSR count). The first-order valence-corrected chi connectivity index (χ1v) is 9.24. The SMILES string of the molecule is CC1C(B(Cl)CCC2C=CCCC2)C[C@@H]2C[C@H]1C2(C)C. The van der Waals surface area contributed by atoms with E-state index >= 15 is 0 Å². The van der Waals surface area contributed by atoms with Crippen molar-refractivity contribution < 1.29 is 0 Å². The number of halogens is 1. The number of hydrogen-bond donors (Lipinski definition) is 0. The van der Waals surface area contributed by atoms with E-state index in [1.54, 1.807) is 0 Å². The Morgan fingerprint density at radius 1 is 1.30 bits per heavy atom. The van der Waals surface area contributed by atoms with Crippen molar-refractivity contribution >= 4 is 17.6 Å². The molecular formula is C18H30BCl. The average Bonchev–Trinajstić information content (AvgIpc) is 2.45. The van der Waals surface area contributed by atoms with Gasteiger partial charge in [-0.1, -0.05) is 52.1 Å². The van der Waals surface area contributed by atoms with Crippen molar-refractivity contribution in [3.05, 3.63) is 12.2 Å². The fraction of sp³-hybridized carbons (Fsp3) is 0.889. The molecule has 2 bridgehead atoms. The summed E-state index contributed by atoms with van der Waals surface area (Å²) >= 11 is 6.83. The molecule has 2 heteroatoms. The smallest absolute Gasteiger partial charge is 0.195 e. The van der Waals surface area contributed by atoms with Gasteiger partial charge in [-0.15, -0.1) is 0 Å². The van der Waals surface area contributed by atoms with E-state index in [0.29, 0.717) is 11.5 Å². The lowest BCUT2D eigenvalue weighted by Crippen LogP contribution is -2.55. The Hall–Kier alpha value is 0.0949. The Morgan fingerprint density at radius 2 is 2.10 bits per heavy atom. The van der Waals surface area contributed by atoms with Gasteiger partial charge in [-0.3, -0.25) is 0 Å². The van der Waals surface area contributed by atoms with Crippen LogP contribution >= 0.6 is 11.5 Å². The van der Waals surface area contributed by atoms with Crippen LogP contribution in [0.1, 0.15) is 59.3 Å². The number of rotatable bonds is 4. The Morgan fingerprint density at radius 3 is 2.70 bits per heavy atom. The van der Waals surface area contributed by atoms with Crippen LogP contribution in [0.5, 0.6) is 0 Å². The monoisotopic (exact) mass is 292 g/mol. The topological polar surface area (TPSA) is 0 Å². The summed E-state index contributed by atoms with van der Waals surface area (Å²) in [6, 6.07) is 0. The van der Waals surface area contributed by atoms with Crippen LogP contribution in [0, 0.1) is 29.1 Å². The molecule has 0 radical (unpaired) electrons. The molecule has 112 valence electrons. The van der Waals surface area contributed by atoms with Crippen molar-refractivity contribution in [3.8, 4) is 0 Å². The summed E-state index contributed by atoms with van der Waals surface area (Å²) in [5.41, 5.74) is 0.596. The highest BCUT2D eigenvalue weighted by molar-refractivity contribution is 7.07. The van der Waals surface area contributed by atoms with Crippen LogP contribution in [0.15, 0.2) is 12.2 Å². The molecule has 0 aromatic rings. The van der Waals surface area contributed by atoms with Crippen LogP contribution in [0.25, 0.3) is 0 Å². The summed E-state index contributed by atoms with van der Waals surface area (Å²) in [5, 5.41) is 0. The normalized spacial score (nSPS) is 42.1. The lowest BCUT2D eigenvalue weighted by Gasteiger charge is -2.62. The molecule has 3 saturated carbocycles. The van der Waals surface area contributed by atoms with Gasteiger partial charge >= 0.3 is 0 Å². The summed E-state index contributed by atoms with van der Waals surface area (Å²) in [5.74, 6) is 4.31. The van der Waals surface area contributed by atoms with Crippen LogP contribution in [0.2, 0.25) is 12.1 Å². The van der Waals surface area contributed by atoms with E-state index in [4.69, 9.17) is 11.5 Å². The van der Waals surface area contributed by atoms with E-state index < -0.39 is 0 Å². The van der Waals surface area contributed by atoms with Crippen molar-refractivity contribution in [2.45, 2.75) is 71.4 Å². The van der Waals surface area contributed by atoms with Gasteiger partial charge in [0.25, 0.3) is 6.13 Å². The van der Waals surface area contributed by atoms with Gasteiger partial charge in [-0.2, -0.15) is 11.5 Å². The second kappa shape index (κ2) is 5.71. The Balaban J connectivity index is 1.52. The molecule has 0 aliphatic heterocycles. The third-order valence-electron chi connectivity index (χ3n) is 7.04. The fourth-order valence-electron chi connectivity index (χ4n) is 5.38. The van der Waals surface area contributed by atoms with E-state index in [1.165, 1.54) is 44.8 Å². The van der Waals surface area contributed by atoms with Gasteiger partial charge < -0.3 is 0 Å². The summed E-state index contributed by atoms with van der Waals surface area (Å²) in [4.78, 5) is 0. The molecule has 0 nitrogen and oxygen atoms in total. The molecule has 20 heavy (non-hydrogen) atoms. The maximum absolute atomic E-state index is 6.83. The summed E-state index contributed by atoms with van der Waals surface area (Å²) < 4.78 is 0. The van der Waals surface area contributed by atoms with Gasteiger partial charge in [0.15, 0.2) is 0 Å². The summed E-state index contributed by atoms with van der Waals surface area (Å²) in [6.45, 7) is 7.44. The molecule has 0 saturated heterocycles. The Labute approximate surface area is 130 Å². The van der Waals surface area contributed by atoms with Gasteiger partial charge in [0.1, 0.15) is 0 Å². The molecule has 0 aromatic heterocycles. The van der Waals surface area contributed by atoms with Crippen molar-refractivity contribution in [1.29, 1.82) is 0 Å². The third kappa shape index (κ3) is 2.60. The molecule has 0 heterocycles. The minimum Gasteiger partial charge on any atom is -0.195 e. The molecule has 4 aliphatic rings. The molecule has 0 amide bonds. The number of fused-ring (bicyclic) bond motifs is 2. The maximum atomic E-state index is 6.83. The summed E-state index contributed by atoms with van der Waals surface area (Å²) in [6.07, 6.45) is 14.7. The minimum absolute atomic E-state index is 0.418.